The number of alkyl carbamates (subject to hydrolysis) is 1. The summed E-state index contributed by atoms with van der Waals surface area (Å²) in [5, 5.41) is 2.66. The van der Waals surface area contributed by atoms with Gasteiger partial charge in [-0.05, 0) is 39.0 Å². The molecule has 0 aliphatic heterocycles. The molecule has 0 unspecified atom stereocenters. The van der Waals surface area contributed by atoms with Gasteiger partial charge in [0.1, 0.15) is 11.4 Å². The van der Waals surface area contributed by atoms with Gasteiger partial charge < -0.3 is 14.8 Å². The van der Waals surface area contributed by atoms with Crippen LogP contribution in [0.15, 0.2) is 22.7 Å². The molecule has 0 aliphatic rings. The molecule has 0 bridgehead atoms. The van der Waals surface area contributed by atoms with Gasteiger partial charge >= 0.3 is 6.09 Å². The highest BCUT2D eigenvalue weighted by Crippen LogP contribution is 2.22. The van der Waals surface area contributed by atoms with E-state index in [0.29, 0.717) is 13.0 Å². The molecule has 5 heteroatoms. The average molecular weight is 354 g/mol. The van der Waals surface area contributed by atoms with Crippen molar-refractivity contribution < 1.29 is 14.3 Å². The summed E-state index contributed by atoms with van der Waals surface area (Å²) in [4.78, 5) is 11.4. The Hall–Kier alpha value is -1.67. The molecule has 1 rings (SSSR count). The fourth-order valence-electron chi connectivity index (χ4n) is 1.47. The van der Waals surface area contributed by atoms with Crippen LogP contribution in [0, 0.1) is 11.8 Å². The van der Waals surface area contributed by atoms with Crippen LogP contribution in [-0.4, -0.2) is 25.3 Å². The van der Waals surface area contributed by atoms with Gasteiger partial charge in [-0.3, -0.25) is 0 Å². The van der Waals surface area contributed by atoms with Gasteiger partial charge in [-0.15, -0.1) is 0 Å². The normalized spacial score (nSPS) is 10.3. The lowest BCUT2D eigenvalue weighted by molar-refractivity contribution is 0.0529. The van der Waals surface area contributed by atoms with E-state index in [1.54, 1.807) is 7.11 Å². The van der Waals surface area contributed by atoms with Crippen molar-refractivity contribution in [2.75, 3.05) is 13.7 Å². The van der Waals surface area contributed by atoms with Gasteiger partial charge in [0, 0.05) is 17.4 Å². The number of methoxy groups -OCH3 is 1. The number of ether oxygens (including phenoxy) is 2. The second-order valence-corrected chi connectivity index (χ2v) is 6.24. The Morgan fingerprint density at radius 1 is 1.38 bits per heavy atom. The first-order valence-electron chi connectivity index (χ1n) is 6.61. The van der Waals surface area contributed by atoms with Gasteiger partial charge in [0.15, 0.2) is 0 Å². The predicted octanol–water partition coefficient (Wildman–Crippen LogP) is 3.72. The lowest BCUT2D eigenvalue weighted by Gasteiger charge is -2.19. The SMILES string of the molecule is COc1cc(Br)ccc1C#CCCNC(=O)OC(C)(C)C. The first kappa shape index (κ1) is 17.4. The minimum Gasteiger partial charge on any atom is -0.495 e. The van der Waals surface area contributed by atoms with E-state index < -0.39 is 11.7 Å². The third-order valence-corrected chi connectivity index (χ3v) is 2.80. The molecule has 21 heavy (non-hydrogen) atoms. The van der Waals surface area contributed by atoms with Crippen LogP contribution in [0.4, 0.5) is 4.79 Å². The van der Waals surface area contributed by atoms with Crippen LogP contribution in [0.1, 0.15) is 32.8 Å². The molecule has 0 heterocycles. The van der Waals surface area contributed by atoms with Crippen LogP contribution in [-0.2, 0) is 4.74 Å². The Morgan fingerprint density at radius 3 is 2.71 bits per heavy atom. The minimum absolute atomic E-state index is 0.425. The van der Waals surface area contributed by atoms with Crippen LogP contribution in [0.5, 0.6) is 5.75 Å². The van der Waals surface area contributed by atoms with E-state index in [-0.39, 0.29) is 0 Å². The number of nitrogens with one attached hydrogen (secondary N) is 1. The van der Waals surface area contributed by atoms with Crippen molar-refractivity contribution in [3.63, 3.8) is 0 Å². The second kappa shape index (κ2) is 7.94. The summed E-state index contributed by atoms with van der Waals surface area (Å²) in [7, 11) is 1.61. The maximum Gasteiger partial charge on any atom is 0.407 e. The molecule has 0 aliphatic carbocycles. The summed E-state index contributed by atoms with van der Waals surface area (Å²) in [6.45, 7) is 5.92. The molecule has 1 aromatic rings. The van der Waals surface area contributed by atoms with Gasteiger partial charge in [0.05, 0.1) is 12.7 Å². The van der Waals surface area contributed by atoms with Crippen LogP contribution in [0.2, 0.25) is 0 Å². The van der Waals surface area contributed by atoms with E-state index in [4.69, 9.17) is 9.47 Å². The zero-order valence-electron chi connectivity index (χ0n) is 12.7. The standard InChI is InChI=1S/C16H20BrNO3/c1-16(2,3)21-15(19)18-10-6-5-7-12-8-9-13(17)11-14(12)20-4/h8-9,11H,6,10H2,1-4H3,(H,18,19). The molecule has 114 valence electrons. The number of benzene rings is 1. The number of amides is 1. The van der Waals surface area contributed by atoms with Crippen molar-refractivity contribution in [3.05, 3.63) is 28.2 Å². The van der Waals surface area contributed by atoms with Crippen molar-refractivity contribution in [2.24, 2.45) is 0 Å². The number of carbonyl (C=O) groups is 1. The molecule has 0 saturated carbocycles. The van der Waals surface area contributed by atoms with Crippen LogP contribution in [0.3, 0.4) is 0 Å². The molecule has 0 atom stereocenters. The molecule has 0 saturated heterocycles. The zero-order valence-corrected chi connectivity index (χ0v) is 14.3. The molecule has 1 aromatic carbocycles. The second-order valence-electron chi connectivity index (χ2n) is 5.33. The Bertz CT molecular complexity index is 553. The molecule has 0 fully saturated rings. The van der Waals surface area contributed by atoms with Crippen LogP contribution in [0.25, 0.3) is 0 Å². The largest absolute Gasteiger partial charge is 0.495 e. The minimum atomic E-state index is -0.486. The Kier molecular flexibility index (Phi) is 6.57. The average Bonchev–Trinajstić information content (AvgIpc) is 2.37. The number of rotatable bonds is 3. The predicted molar refractivity (Wildman–Crippen MR) is 86.4 cm³/mol. The molecule has 0 aromatic heterocycles. The smallest absolute Gasteiger partial charge is 0.407 e. The third kappa shape index (κ3) is 7.05. The van der Waals surface area contributed by atoms with E-state index in [9.17, 15) is 4.79 Å². The first-order valence-corrected chi connectivity index (χ1v) is 7.40. The Labute approximate surface area is 134 Å². The highest BCUT2D eigenvalue weighted by molar-refractivity contribution is 9.10. The summed E-state index contributed by atoms with van der Waals surface area (Å²) >= 11 is 3.38. The van der Waals surface area contributed by atoms with E-state index in [1.165, 1.54) is 0 Å². The summed E-state index contributed by atoms with van der Waals surface area (Å²) < 4.78 is 11.3. The van der Waals surface area contributed by atoms with Crippen LogP contribution >= 0.6 is 15.9 Å². The summed E-state index contributed by atoms with van der Waals surface area (Å²) in [5.41, 5.74) is 0.332. The van der Waals surface area contributed by atoms with Crippen molar-refractivity contribution in [2.45, 2.75) is 32.8 Å². The highest BCUT2D eigenvalue weighted by Gasteiger charge is 2.15. The van der Waals surface area contributed by atoms with E-state index in [1.807, 2.05) is 39.0 Å². The number of halogens is 1. The van der Waals surface area contributed by atoms with Crippen molar-refractivity contribution in [1.29, 1.82) is 0 Å². The number of hydrogen-bond donors (Lipinski definition) is 1. The van der Waals surface area contributed by atoms with Crippen molar-refractivity contribution in [1.82, 2.24) is 5.32 Å². The molecule has 4 nitrogen and oxygen atoms in total. The lowest BCUT2D eigenvalue weighted by Crippen LogP contribution is -2.32. The van der Waals surface area contributed by atoms with E-state index in [2.05, 4.69) is 33.1 Å². The molecule has 0 spiro atoms. The van der Waals surface area contributed by atoms with E-state index >= 15 is 0 Å². The number of carbonyl (C=O) groups excluding carboxylic acids is 1. The molecule has 1 amide bonds. The first-order chi connectivity index (χ1) is 9.81. The van der Waals surface area contributed by atoms with Gasteiger partial charge in [0.2, 0.25) is 0 Å². The monoisotopic (exact) mass is 353 g/mol. The zero-order chi connectivity index (χ0) is 15.9. The molecular weight excluding hydrogens is 334 g/mol. The van der Waals surface area contributed by atoms with Crippen molar-refractivity contribution in [3.8, 4) is 17.6 Å². The summed E-state index contributed by atoms with van der Waals surface area (Å²) in [6, 6.07) is 5.66. The Morgan fingerprint density at radius 2 is 2.10 bits per heavy atom. The van der Waals surface area contributed by atoms with Crippen molar-refractivity contribution >= 4 is 22.0 Å². The maximum atomic E-state index is 11.4. The lowest BCUT2D eigenvalue weighted by atomic mass is 10.2. The van der Waals surface area contributed by atoms with Gasteiger partial charge in [-0.25, -0.2) is 4.79 Å². The number of hydrogen-bond acceptors (Lipinski definition) is 3. The highest BCUT2D eigenvalue weighted by atomic mass is 79.9. The molecule has 0 radical (unpaired) electrons. The Balaban J connectivity index is 2.45. The topological polar surface area (TPSA) is 47.6 Å². The summed E-state index contributed by atoms with van der Waals surface area (Å²) in [5.74, 6) is 6.74. The fraction of sp³-hybridized carbons (Fsp3) is 0.438. The third-order valence-electron chi connectivity index (χ3n) is 2.30. The quantitative estimate of drug-likeness (QED) is 0.665. The van der Waals surface area contributed by atoms with Gasteiger partial charge in [-0.1, -0.05) is 27.8 Å². The van der Waals surface area contributed by atoms with Crippen LogP contribution < -0.4 is 10.1 Å². The van der Waals surface area contributed by atoms with Gasteiger partial charge in [0.25, 0.3) is 0 Å². The van der Waals surface area contributed by atoms with E-state index in [0.717, 1.165) is 15.8 Å². The maximum absolute atomic E-state index is 11.4. The van der Waals surface area contributed by atoms with Gasteiger partial charge in [-0.2, -0.15) is 0 Å². The molecule has 1 N–H and O–H groups in total. The summed E-state index contributed by atoms with van der Waals surface area (Å²) in [6.07, 6.45) is 0.115. The fourth-order valence-corrected chi connectivity index (χ4v) is 1.81. The molecular formula is C16H20BrNO3.